The lowest BCUT2D eigenvalue weighted by Crippen LogP contribution is -2.07. The highest BCUT2D eigenvalue weighted by atomic mass is 79.9. The Hall–Kier alpha value is -1.55. The van der Waals surface area contributed by atoms with Gasteiger partial charge in [0.05, 0.1) is 17.1 Å². The van der Waals surface area contributed by atoms with Crippen molar-refractivity contribution in [3.05, 3.63) is 53.0 Å². The highest BCUT2D eigenvalue weighted by Gasteiger charge is 2.19. The van der Waals surface area contributed by atoms with Crippen LogP contribution in [-0.4, -0.2) is 19.7 Å². The number of methoxy groups -OCH3 is 1. The van der Waals surface area contributed by atoms with E-state index in [0.29, 0.717) is 17.9 Å². The van der Waals surface area contributed by atoms with E-state index < -0.39 is 0 Å². The van der Waals surface area contributed by atoms with E-state index in [4.69, 9.17) is 9.47 Å². The Morgan fingerprint density at radius 3 is 2.65 bits per heavy atom. The summed E-state index contributed by atoms with van der Waals surface area (Å²) in [5.41, 5.74) is 1.40. The van der Waals surface area contributed by atoms with Gasteiger partial charge in [0.2, 0.25) is 0 Å². The van der Waals surface area contributed by atoms with Crippen LogP contribution >= 0.6 is 15.9 Å². The van der Waals surface area contributed by atoms with Gasteiger partial charge < -0.3 is 9.47 Å². The first-order valence-electron chi connectivity index (χ1n) is 6.37. The summed E-state index contributed by atoms with van der Waals surface area (Å²) in [7, 11) is 1.36. The summed E-state index contributed by atoms with van der Waals surface area (Å²) < 4.78 is 11.2. The molecule has 3 nitrogen and oxygen atoms in total. The van der Waals surface area contributed by atoms with Gasteiger partial charge in [-0.15, -0.1) is 6.58 Å². The number of hydrogen-bond acceptors (Lipinski definition) is 3. The van der Waals surface area contributed by atoms with Crippen LogP contribution in [0.25, 0.3) is 0 Å². The van der Waals surface area contributed by atoms with Crippen molar-refractivity contribution in [2.24, 2.45) is 0 Å². The van der Waals surface area contributed by atoms with Crippen molar-refractivity contribution in [1.29, 1.82) is 0 Å². The molecule has 1 aromatic carbocycles. The Morgan fingerprint density at radius 2 is 2.15 bits per heavy atom. The summed E-state index contributed by atoms with van der Waals surface area (Å²) in [5.74, 6) is 0.446. The van der Waals surface area contributed by atoms with Gasteiger partial charge in [-0.05, 0) is 34.5 Å². The fourth-order valence-corrected chi connectivity index (χ4v) is 2.52. The number of ether oxygens (including phenoxy) is 2. The second kappa shape index (κ2) is 7.90. The van der Waals surface area contributed by atoms with E-state index in [1.165, 1.54) is 7.11 Å². The average molecular weight is 339 g/mol. The Labute approximate surface area is 128 Å². The molecule has 0 fully saturated rings. The van der Waals surface area contributed by atoms with E-state index in [1.54, 1.807) is 18.2 Å². The van der Waals surface area contributed by atoms with Crippen molar-refractivity contribution in [3.8, 4) is 5.75 Å². The van der Waals surface area contributed by atoms with Crippen molar-refractivity contribution in [2.45, 2.75) is 19.3 Å². The van der Waals surface area contributed by atoms with Gasteiger partial charge in [-0.3, -0.25) is 0 Å². The molecule has 1 aromatic rings. The lowest BCUT2D eigenvalue weighted by Gasteiger charge is -2.18. The monoisotopic (exact) mass is 338 g/mol. The van der Waals surface area contributed by atoms with Gasteiger partial charge in [0.15, 0.2) is 0 Å². The predicted molar refractivity (Wildman–Crippen MR) is 84.4 cm³/mol. The zero-order valence-corrected chi connectivity index (χ0v) is 13.4. The van der Waals surface area contributed by atoms with E-state index in [9.17, 15) is 4.79 Å². The van der Waals surface area contributed by atoms with Crippen LogP contribution in [0.5, 0.6) is 5.75 Å². The van der Waals surface area contributed by atoms with Gasteiger partial charge in [-0.25, -0.2) is 4.79 Å². The molecule has 0 spiro atoms. The van der Waals surface area contributed by atoms with Crippen LogP contribution in [0.15, 0.2) is 41.9 Å². The number of hydrogen-bond donors (Lipinski definition) is 0. The summed E-state index contributed by atoms with van der Waals surface area (Å²) >= 11 is 3.45. The molecule has 0 bridgehead atoms. The predicted octanol–water partition coefficient (Wildman–Crippen LogP) is 4.48. The van der Waals surface area contributed by atoms with E-state index in [2.05, 4.69) is 36.0 Å². The molecule has 0 heterocycles. The standard InChI is InChI=1S/C16H19BrO3/c1-5-8-20-15-13(11(6-2)7-3)9-12(10-14(15)17)16(18)19-4/h5-6,9-11H,1-2,7-8H2,3-4H3. The highest BCUT2D eigenvalue weighted by molar-refractivity contribution is 9.10. The van der Waals surface area contributed by atoms with Crippen molar-refractivity contribution in [2.75, 3.05) is 13.7 Å². The number of rotatable bonds is 7. The molecule has 1 atom stereocenters. The van der Waals surface area contributed by atoms with Gasteiger partial charge >= 0.3 is 5.97 Å². The van der Waals surface area contributed by atoms with Crippen LogP contribution in [-0.2, 0) is 4.74 Å². The summed E-state index contributed by atoms with van der Waals surface area (Å²) in [6.45, 7) is 9.95. The smallest absolute Gasteiger partial charge is 0.337 e. The first-order chi connectivity index (χ1) is 9.58. The van der Waals surface area contributed by atoms with Crippen molar-refractivity contribution in [1.82, 2.24) is 0 Å². The van der Waals surface area contributed by atoms with Crippen molar-refractivity contribution in [3.63, 3.8) is 0 Å². The number of halogens is 1. The number of benzene rings is 1. The van der Waals surface area contributed by atoms with Crippen LogP contribution < -0.4 is 4.74 Å². The molecule has 0 N–H and O–H groups in total. The molecule has 108 valence electrons. The van der Waals surface area contributed by atoms with Crippen LogP contribution in [0.1, 0.15) is 35.2 Å². The van der Waals surface area contributed by atoms with Crippen molar-refractivity contribution >= 4 is 21.9 Å². The number of esters is 1. The van der Waals surface area contributed by atoms with Gasteiger partial charge in [-0.1, -0.05) is 25.7 Å². The van der Waals surface area contributed by atoms with E-state index >= 15 is 0 Å². The Balaban J connectivity index is 3.37. The summed E-state index contributed by atoms with van der Waals surface area (Å²) in [4.78, 5) is 11.7. The molecular weight excluding hydrogens is 320 g/mol. The lowest BCUT2D eigenvalue weighted by atomic mass is 9.94. The molecule has 0 aromatic heterocycles. The molecule has 0 saturated carbocycles. The molecule has 0 amide bonds. The fraction of sp³-hybridized carbons (Fsp3) is 0.312. The summed E-state index contributed by atoms with van der Waals surface area (Å²) in [5, 5.41) is 0. The highest BCUT2D eigenvalue weighted by Crippen LogP contribution is 2.37. The van der Waals surface area contributed by atoms with Crippen LogP contribution in [0.3, 0.4) is 0 Å². The van der Waals surface area contributed by atoms with Crippen LogP contribution in [0.2, 0.25) is 0 Å². The molecule has 0 aliphatic rings. The molecule has 0 radical (unpaired) electrons. The zero-order valence-electron chi connectivity index (χ0n) is 11.8. The van der Waals surface area contributed by atoms with Gasteiger partial charge in [0.25, 0.3) is 0 Å². The maximum Gasteiger partial charge on any atom is 0.337 e. The zero-order chi connectivity index (χ0) is 15.1. The van der Waals surface area contributed by atoms with Gasteiger partial charge in [-0.2, -0.15) is 0 Å². The molecule has 1 rings (SSSR count). The fourth-order valence-electron chi connectivity index (χ4n) is 1.93. The first kappa shape index (κ1) is 16.5. The Kier molecular flexibility index (Phi) is 6.52. The molecule has 0 aliphatic heterocycles. The Bertz CT molecular complexity index is 509. The molecule has 20 heavy (non-hydrogen) atoms. The number of carbonyl (C=O) groups excluding carboxylic acids is 1. The molecule has 1 unspecified atom stereocenters. The normalized spacial score (nSPS) is 11.6. The van der Waals surface area contributed by atoms with Gasteiger partial charge in [0, 0.05) is 11.5 Å². The number of allylic oxidation sites excluding steroid dienone is 1. The second-order valence-electron chi connectivity index (χ2n) is 4.22. The maximum absolute atomic E-state index is 11.7. The van der Waals surface area contributed by atoms with Crippen LogP contribution in [0.4, 0.5) is 0 Å². The minimum Gasteiger partial charge on any atom is -0.488 e. The lowest BCUT2D eigenvalue weighted by molar-refractivity contribution is 0.0600. The third kappa shape index (κ3) is 3.73. The average Bonchev–Trinajstić information content (AvgIpc) is 2.46. The van der Waals surface area contributed by atoms with Gasteiger partial charge in [0.1, 0.15) is 12.4 Å². The molecule has 4 heteroatoms. The molecule has 0 saturated heterocycles. The third-order valence-electron chi connectivity index (χ3n) is 2.96. The van der Waals surface area contributed by atoms with E-state index in [-0.39, 0.29) is 11.9 Å². The SMILES string of the molecule is C=CCOc1c(Br)cc(C(=O)OC)cc1C(C=C)CC. The minimum atomic E-state index is -0.374. The third-order valence-corrected chi connectivity index (χ3v) is 3.55. The largest absolute Gasteiger partial charge is 0.488 e. The van der Waals surface area contributed by atoms with Crippen molar-refractivity contribution < 1.29 is 14.3 Å². The maximum atomic E-state index is 11.7. The summed E-state index contributed by atoms with van der Waals surface area (Å²) in [6.07, 6.45) is 4.40. The summed E-state index contributed by atoms with van der Waals surface area (Å²) in [6, 6.07) is 3.49. The minimum absolute atomic E-state index is 0.107. The van der Waals surface area contributed by atoms with Crippen LogP contribution in [0, 0.1) is 0 Å². The topological polar surface area (TPSA) is 35.5 Å². The Morgan fingerprint density at radius 1 is 1.45 bits per heavy atom. The second-order valence-corrected chi connectivity index (χ2v) is 5.07. The van der Waals surface area contributed by atoms with E-state index in [1.807, 2.05) is 6.08 Å². The quantitative estimate of drug-likeness (QED) is 0.543. The first-order valence-corrected chi connectivity index (χ1v) is 7.16. The number of carbonyl (C=O) groups is 1. The molecular formula is C16H19BrO3. The molecule has 0 aliphatic carbocycles. The van der Waals surface area contributed by atoms with E-state index in [0.717, 1.165) is 16.5 Å².